The fourth-order valence-electron chi connectivity index (χ4n) is 4.67. The van der Waals surface area contributed by atoms with Crippen molar-refractivity contribution in [3.63, 3.8) is 0 Å². The summed E-state index contributed by atoms with van der Waals surface area (Å²) in [7, 11) is -3.66. The van der Waals surface area contributed by atoms with Crippen LogP contribution in [0.25, 0.3) is 0 Å². The van der Waals surface area contributed by atoms with Crippen molar-refractivity contribution in [2.75, 3.05) is 31.1 Å². The summed E-state index contributed by atoms with van der Waals surface area (Å²) in [5.74, 6) is -0.373. The first-order valence-electron chi connectivity index (χ1n) is 11.2. The molecule has 2 saturated heterocycles. The van der Waals surface area contributed by atoms with E-state index in [1.807, 2.05) is 17.9 Å². The molecule has 0 spiro atoms. The van der Waals surface area contributed by atoms with Crippen molar-refractivity contribution in [2.45, 2.75) is 44.5 Å². The highest BCUT2D eigenvalue weighted by atomic mass is 35.5. The Morgan fingerprint density at radius 1 is 1.06 bits per heavy atom. The van der Waals surface area contributed by atoms with Gasteiger partial charge in [-0.1, -0.05) is 29.8 Å². The maximum Gasteiger partial charge on any atom is 0.221 e. The highest BCUT2D eigenvalue weighted by molar-refractivity contribution is 7.89. The Morgan fingerprint density at radius 2 is 1.73 bits per heavy atom. The summed E-state index contributed by atoms with van der Waals surface area (Å²) in [6, 6.07) is 11.7. The van der Waals surface area contributed by atoms with Gasteiger partial charge in [-0.2, -0.15) is 4.31 Å². The lowest BCUT2D eigenvalue weighted by molar-refractivity contribution is -0.129. The second kappa shape index (κ2) is 9.60. The molecule has 4 rings (SSSR count). The molecule has 2 heterocycles. The van der Waals surface area contributed by atoms with Crippen LogP contribution in [0.3, 0.4) is 0 Å². The fraction of sp³-hybridized carbons (Fsp3) is 0.458. The molecule has 6 nitrogen and oxygen atoms in total. The summed E-state index contributed by atoms with van der Waals surface area (Å²) < 4.78 is 43.4. The predicted molar refractivity (Wildman–Crippen MR) is 128 cm³/mol. The molecule has 0 saturated carbocycles. The van der Waals surface area contributed by atoms with Crippen LogP contribution in [-0.4, -0.2) is 55.8 Å². The first-order valence-corrected chi connectivity index (χ1v) is 13.1. The lowest BCUT2D eigenvalue weighted by Crippen LogP contribution is -2.48. The quantitative estimate of drug-likeness (QED) is 0.640. The van der Waals surface area contributed by atoms with Crippen LogP contribution >= 0.6 is 11.6 Å². The summed E-state index contributed by atoms with van der Waals surface area (Å²) in [6.45, 7) is 5.91. The van der Waals surface area contributed by atoms with Gasteiger partial charge >= 0.3 is 0 Å². The van der Waals surface area contributed by atoms with E-state index in [2.05, 4.69) is 0 Å². The van der Waals surface area contributed by atoms with Crippen molar-refractivity contribution >= 4 is 33.2 Å². The molecule has 2 aliphatic heterocycles. The molecule has 2 aliphatic rings. The van der Waals surface area contributed by atoms with Crippen molar-refractivity contribution in [1.82, 2.24) is 9.21 Å². The third kappa shape index (κ3) is 5.03. The molecule has 1 unspecified atom stereocenters. The van der Waals surface area contributed by atoms with Gasteiger partial charge in [0, 0.05) is 62.0 Å². The molecule has 2 aromatic rings. The molecule has 9 heteroatoms. The normalized spacial score (nSPS) is 23.5. The molecule has 0 bridgehead atoms. The third-order valence-electron chi connectivity index (χ3n) is 6.72. The van der Waals surface area contributed by atoms with Crippen LogP contribution in [0.1, 0.15) is 43.1 Å². The summed E-state index contributed by atoms with van der Waals surface area (Å²) in [4.78, 5) is 15.3. The Labute approximate surface area is 200 Å². The molecular formula is C24H29ClFN3O3S. The molecule has 2 atom stereocenters. The standard InChI is InChI=1S/C24H29ClFN3O3S/c1-17-3-10-24(19-4-7-21(25)8-5-19)33(31,32)29(17)16-20-6-9-22(15-23(20)26)28-13-11-27(12-14-28)18(2)30/h4-9,15,17,24H,3,10-14,16H2,1-2H3/t17-,24?/m0/s1. The average molecular weight is 494 g/mol. The lowest BCUT2D eigenvalue weighted by atomic mass is 10.0. The van der Waals surface area contributed by atoms with E-state index in [4.69, 9.17) is 11.6 Å². The van der Waals surface area contributed by atoms with E-state index >= 15 is 4.39 Å². The first-order chi connectivity index (χ1) is 15.7. The van der Waals surface area contributed by atoms with E-state index in [1.54, 1.807) is 42.2 Å². The number of rotatable bonds is 4. The summed E-state index contributed by atoms with van der Waals surface area (Å²) in [5.41, 5.74) is 1.80. The SMILES string of the molecule is CC(=O)N1CCN(c2ccc(CN3[C@@H](C)CCC(c4ccc(Cl)cc4)S3(=O)=O)c(F)c2)CC1. The van der Waals surface area contributed by atoms with Gasteiger partial charge in [0.2, 0.25) is 15.9 Å². The Morgan fingerprint density at radius 3 is 2.33 bits per heavy atom. The van der Waals surface area contributed by atoms with Gasteiger partial charge < -0.3 is 9.80 Å². The number of benzene rings is 2. The zero-order valence-corrected chi connectivity index (χ0v) is 20.4. The zero-order chi connectivity index (χ0) is 23.8. The molecule has 33 heavy (non-hydrogen) atoms. The number of hydrogen-bond donors (Lipinski definition) is 0. The average Bonchev–Trinajstić information content (AvgIpc) is 2.78. The van der Waals surface area contributed by atoms with Gasteiger partial charge in [-0.25, -0.2) is 12.8 Å². The van der Waals surface area contributed by atoms with Crippen LogP contribution in [0.15, 0.2) is 42.5 Å². The number of sulfonamides is 1. The molecule has 1 amide bonds. The van der Waals surface area contributed by atoms with Gasteiger partial charge in [0.15, 0.2) is 0 Å². The maximum atomic E-state index is 15.1. The number of amides is 1. The smallest absolute Gasteiger partial charge is 0.221 e. The van der Waals surface area contributed by atoms with Crippen LogP contribution in [0.2, 0.25) is 5.02 Å². The van der Waals surface area contributed by atoms with E-state index in [-0.39, 0.29) is 18.5 Å². The Kier molecular flexibility index (Phi) is 6.98. The van der Waals surface area contributed by atoms with Gasteiger partial charge in [0.1, 0.15) is 11.1 Å². The second-order valence-corrected chi connectivity index (χ2v) is 11.3. The van der Waals surface area contributed by atoms with Crippen molar-refractivity contribution < 1.29 is 17.6 Å². The molecule has 0 N–H and O–H groups in total. The van der Waals surface area contributed by atoms with Crippen LogP contribution < -0.4 is 4.90 Å². The molecule has 2 fully saturated rings. The molecular weight excluding hydrogens is 465 g/mol. The van der Waals surface area contributed by atoms with E-state index in [9.17, 15) is 13.2 Å². The Balaban J connectivity index is 1.51. The number of piperazine rings is 1. The van der Waals surface area contributed by atoms with Crippen molar-refractivity contribution in [3.8, 4) is 0 Å². The number of hydrogen-bond acceptors (Lipinski definition) is 4. The largest absolute Gasteiger partial charge is 0.368 e. The van der Waals surface area contributed by atoms with E-state index in [0.29, 0.717) is 55.2 Å². The number of carbonyl (C=O) groups excluding carboxylic acids is 1. The molecule has 178 valence electrons. The highest BCUT2D eigenvalue weighted by Gasteiger charge is 2.40. The van der Waals surface area contributed by atoms with E-state index in [1.165, 1.54) is 10.4 Å². The number of carbonyl (C=O) groups is 1. The van der Waals surface area contributed by atoms with Gasteiger partial charge in [0.25, 0.3) is 0 Å². The summed E-state index contributed by atoms with van der Waals surface area (Å²) in [5, 5.41) is -0.104. The molecule has 0 aromatic heterocycles. The lowest BCUT2D eigenvalue weighted by Gasteiger charge is -2.38. The topological polar surface area (TPSA) is 60.9 Å². The monoisotopic (exact) mass is 493 g/mol. The zero-order valence-electron chi connectivity index (χ0n) is 18.9. The van der Waals surface area contributed by atoms with E-state index in [0.717, 1.165) is 5.69 Å². The van der Waals surface area contributed by atoms with Crippen LogP contribution in [0.5, 0.6) is 0 Å². The third-order valence-corrected chi connectivity index (χ3v) is 9.34. The second-order valence-electron chi connectivity index (χ2n) is 8.83. The first kappa shape index (κ1) is 24.0. The molecule has 0 aliphatic carbocycles. The maximum absolute atomic E-state index is 15.1. The summed E-state index contributed by atoms with van der Waals surface area (Å²) >= 11 is 5.97. The van der Waals surface area contributed by atoms with Crippen molar-refractivity contribution in [2.24, 2.45) is 0 Å². The molecule has 2 aromatic carbocycles. The van der Waals surface area contributed by atoms with Crippen molar-refractivity contribution in [3.05, 3.63) is 64.4 Å². The van der Waals surface area contributed by atoms with Gasteiger partial charge in [-0.3, -0.25) is 4.79 Å². The Hall–Kier alpha value is -2.16. The Bertz CT molecular complexity index is 1120. The molecule has 0 radical (unpaired) electrons. The van der Waals surface area contributed by atoms with Crippen LogP contribution in [0, 0.1) is 5.82 Å². The minimum absolute atomic E-state index is 0.00217. The minimum atomic E-state index is -3.66. The van der Waals surface area contributed by atoms with Crippen LogP contribution in [0.4, 0.5) is 10.1 Å². The number of halogens is 2. The predicted octanol–water partition coefficient (Wildman–Crippen LogP) is 4.20. The van der Waals surface area contributed by atoms with Gasteiger partial charge in [0.05, 0.1) is 0 Å². The van der Waals surface area contributed by atoms with Gasteiger partial charge in [-0.05, 0) is 49.6 Å². The highest BCUT2D eigenvalue weighted by Crippen LogP contribution is 2.38. The van der Waals surface area contributed by atoms with Gasteiger partial charge in [-0.15, -0.1) is 0 Å². The van der Waals surface area contributed by atoms with Crippen LogP contribution in [-0.2, 0) is 21.4 Å². The number of anilines is 1. The summed E-state index contributed by atoms with van der Waals surface area (Å²) in [6.07, 6.45) is 1.22. The number of nitrogens with zero attached hydrogens (tertiary/aromatic N) is 3. The van der Waals surface area contributed by atoms with E-state index < -0.39 is 21.1 Å². The van der Waals surface area contributed by atoms with Crippen molar-refractivity contribution in [1.29, 1.82) is 0 Å². The minimum Gasteiger partial charge on any atom is -0.368 e. The fourth-order valence-corrected chi connectivity index (χ4v) is 6.98.